The molecule has 2 aromatic heterocycles. The van der Waals surface area contributed by atoms with Crippen molar-refractivity contribution in [3.8, 4) is 23.0 Å². The summed E-state index contributed by atoms with van der Waals surface area (Å²) in [6.45, 7) is 3.81. The minimum atomic E-state index is -0.259. The Morgan fingerprint density at radius 3 is 2.45 bits per heavy atom. The number of anilines is 1. The van der Waals surface area contributed by atoms with Crippen LogP contribution < -0.4 is 5.32 Å². The van der Waals surface area contributed by atoms with Crippen molar-refractivity contribution in [3.05, 3.63) is 83.2 Å². The Morgan fingerprint density at radius 1 is 1.00 bits per heavy atom. The summed E-state index contributed by atoms with van der Waals surface area (Å²) >= 11 is 0. The molecule has 2 aromatic carbocycles. The highest BCUT2D eigenvalue weighted by molar-refractivity contribution is 5.96. The van der Waals surface area contributed by atoms with Crippen molar-refractivity contribution in [3.63, 3.8) is 0 Å². The predicted octanol–water partition coefficient (Wildman–Crippen LogP) is 4.13. The van der Waals surface area contributed by atoms with Crippen LogP contribution in [0, 0.1) is 13.8 Å². The van der Waals surface area contributed by atoms with Crippen molar-refractivity contribution < 1.29 is 9.90 Å². The molecule has 7 heteroatoms. The molecule has 31 heavy (non-hydrogen) atoms. The number of nitrogens with one attached hydrogen (secondary N) is 1. The van der Waals surface area contributed by atoms with E-state index in [9.17, 15) is 9.90 Å². The predicted molar refractivity (Wildman–Crippen MR) is 117 cm³/mol. The van der Waals surface area contributed by atoms with Crippen LogP contribution >= 0.6 is 0 Å². The van der Waals surface area contributed by atoms with E-state index in [4.69, 9.17) is 5.10 Å². The standard InChI is InChI=1S/C24H21N5O2/c1-14-11-15(2)26-24(25-14)29-23-21(22(28-29)16-7-4-3-5-8-16)19(13-20(31)27-23)17-9-6-10-18(30)12-17/h3-12,19,30H,13H2,1-2H3,(H,27,31). The van der Waals surface area contributed by atoms with E-state index in [1.54, 1.807) is 22.9 Å². The third-order valence-electron chi connectivity index (χ3n) is 5.40. The number of carbonyl (C=O) groups is 1. The molecule has 7 nitrogen and oxygen atoms in total. The van der Waals surface area contributed by atoms with Crippen molar-refractivity contribution in [2.75, 3.05) is 5.32 Å². The number of nitrogens with zero attached hydrogens (tertiary/aromatic N) is 4. The van der Waals surface area contributed by atoms with Gasteiger partial charge in [-0.2, -0.15) is 9.78 Å². The highest BCUT2D eigenvalue weighted by atomic mass is 16.3. The third-order valence-corrected chi connectivity index (χ3v) is 5.40. The van der Waals surface area contributed by atoms with Gasteiger partial charge in [-0.05, 0) is 37.6 Å². The Balaban J connectivity index is 1.79. The number of amides is 1. The number of phenolic OH excluding ortho intramolecular Hbond substituents is 1. The van der Waals surface area contributed by atoms with E-state index in [1.165, 1.54) is 0 Å². The number of benzene rings is 2. The number of aromatic hydroxyl groups is 1. The second kappa shape index (κ2) is 7.36. The van der Waals surface area contributed by atoms with Crippen LogP contribution in [-0.2, 0) is 4.79 Å². The van der Waals surface area contributed by atoms with Crippen LogP contribution in [0.5, 0.6) is 5.75 Å². The molecule has 154 valence electrons. The Hall–Kier alpha value is -4.00. The van der Waals surface area contributed by atoms with Gasteiger partial charge in [-0.25, -0.2) is 9.97 Å². The smallest absolute Gasteiger partial charge is 0.252 e. The molecule has 0 spiro atoms. The summed E-state index contributed by atoms with van der Waals surface area (Å²) in [7, 11) is 0. The topological polar surface area (TPSA) is 92.9 Å². The maximum Gasteiger partial charge on any atom is 0.252 e. The van der Waals surface area contributed by atoms with Crippen LogP contribution in [0.3, 0.4) is 0 Å². The lowest BCUT2D eigenvalue weighted by Gasteiger charge is -2.24. The minimum Gasteiger partial charge on any atom is -0.508 e. The Kier molecular flexibility index (Phi) is 4.51. The molecular weight excluding hydrogens is 390 g/mol. The summed E-state index contributed by atoms with van der Waals surface area (Å²) in [5.74, 6) is 0.759. The van der Waals surface area contributed by atoms with Crippen LogP contribution in [-0.4, -0.2) is 30.8 Å². The fourth-order valence-corrected chi connectivity index (χ4v) is 4.13. The SMILES string of the molecule is Cc1cc(C)nc(-n2nc(-c3ccccc3)c3c2NC(=O)CC3c2cccc(O)c2)n1. The summed E-state index contributed by atoms with van der Waals surface area (Å²) in [6.07, 6.45) is 0.260. The molecule has 1 aliphatic rings. The third kappa shape index (κ3) is 3.44. The van der Waals surface area contributed by atoms with Crippen molar-refractivity contribution in [2.45, 2.75) is 26.2 Å². The first-order chi connectivity index (χ1) is 15.0. The number of aromatic nitrogens is 4. The first kappa shape index (κ1) is 19.0. The zero-order valence-corrected chi connectivity index (χ0v) is 17.2. The molecule has 0 saturated heterocycles. The lowest BCUT2D eigenvalue weighted by atomic mass is 9.84. The number of hydrogen-bond donors (Lipinski definition) is 2. The quantitative estimate of drug-likeness (QED) is 0.529. The largest absolute Gasteiger partial charge is 0.508 e. The maximum absolute atomic E-state index is 12.7. The number of aryl methyl sites for hydroxylation is 2. The average Bonchev–Trinajstić information content (AvgIpc) is 3.12. The molecule has 0 aliphatic carbocycles. The van der Waals surface area contributed by atoms with Crippen LogP contribution in [0.25, 0.3) is 17.2 Å². The first-order valence-corrected chi connectivity index (χ1v) is 10.1. The van der Waals surface area contributed by atoms with Crippen LogP contribution in [0.15, 0.2) is 60.7 Å². The number of fused-ring (bicyclic) bond motifs is 1. The fourth-order valence-electron chi connectivity index (χ4n) is 4.13. The van der Waals surface area contributed by atoms with Gasteiger partial charge >= 0.3 is 0 Å². The maximum atomic E-state index is 12.7. The normalized spacial score (nSPS) is 15.4. The van der Waals surface area contributed by atoms with Gasteiger partial charge in [0.15, 0.2) is 0 Å². The van der Waals surface area contributed by atoms with E-state index in [1.807, 2.05) is 56.3 Å². The highest BCUT2D eigenvalue weighted by Gasteiger charge is 2.35. The summed E-state index contributed by atoms with van der Waals surface area (Å²) in [4.78, 5) is 21.8. The van der Waals surface area contributed by atoms with E-state index in [0.29, 0.717) is 11.8 Å². The van der Waals surface area contributed by atoms with Gasteiger partial charge in [0.2, 0.25) is 5.91 Å². The molecule has 0 bridgehead atoms. The minimum absolute atomic E-state index is 0.119. The van der Waals surface area contributed by atoms with Gasteiger partial charge in [0, 0.05) is 34.9 Å². The van der Waals surface area contributed by atoms with Crippen LogP contribution in [0.4, 0.5) is 5.82 Å². The van der Waals surface area contributed by atoms with Crippen LogP contribution in [0.2, 0.25) is 0 Å². The average molecular weight is 411 g/mol. The molecule has 0 saturated carbocycles. The first-order valence-electron chi connectivity index (χ1n) is 10.1. The van der Waals surface area contributed by atoms with E-state index >= 15 is 0 Å². The number of phenols is 1. The van der Waals surface area contributed by atoms with Gasteiger partial charge in [0.05, 0.1) is 5.69 Å². The molecule has 1 atom stereocenters. The Bertz CT molecular complexity index is 1280. The van der Waals surface area contributed by atoms with E-state index in [0.717, 1.165) is 33.8 Å². The number of hydrogen-bond acceptors (Lipinski definition) is 5. The van der Waals surface area contributed by atoms with Crippen molar-refractivity contribution >= 4 is 11.7 Å². The lowest BCUT2D eigenvalue weighted by Crippen LogP contribution is -2.25. The molecule has 1 unspecified atom stereocenters. The molecule has 0 radical (unpaired) electrons. The Labute approximate surface area is 179 Å². The molecule has 5 rings (SSSR count). The highest BCUT2D eigenvalue weighted by Crippen LogP contribution is 2.44. The summed E-state index contributed by atoms with van der Waals surface area (Å²) < 4.78 is 1.62. The van der Waals surface area contributed by atoms with Crippen molar-refractivity contribution in [1.29, 1.82) is 0 Å². The van der Waals surface area contributed by atoms with E-state index in [2.05, 4.69) is 15.3 Å². The zero-order valence-electron chi connectivity index (χ0n) is 17.2. The van der Waals surface area contributed by atoms with E-state index < -0.39 is 0 Å². The lowest BCUT2D eigenvalue weighted by molar-refractivity contribution is -0.116. The van der Waals surface area contributed by atoms with Crippen molar-refractivity contribution in [2.24, 2.45) is 0 Å². The number of carbonyl (C=O) groups excluding carboxylic acids is 1. The van der Waals surface area contributed by atoms with E-state index in [-0.39, 0.29) is 24.0 Å². The monoisotopic (exact) mass is 411 g/mol. The van der Waals surface area contributed by atoms with Gasteiger partial charge in [-0.1, -0.05) is 42.5 Å². The van der Waals surface area contributed by atoms with Gasteiger partial charge < -0.3 is 10.4 Å². The number of rotatable bonds is 3. The van der Waals surface area contributed by atoms with Crippen molar-refractivity contribution in [1.82, 2.24) is 19.7 Å². The van der Waals surface area contributed by atoms with Gasteiger partial charge in [-0.15, -0.1) is 0 Å². The molecule has 2 N–H and O–H groups in total. The fraction of sp³-hybridized carbons (Fsp3) is 0.167. The van der Waals surface area contributed by atoms with Gasteiger partial charge in [-0.3, -0.25) is 4.79 Å². The summed E-state index contributed by atoms with van der Waals surface area (Å²) in [5, 5.41) is 17.9. The van der Waals surface area contributed by atoms with Gasteiger partial charge in [0.1, 0.15) is 11.6 Å². The molecule has 3 heterocycles. The molecule has 4 aromatic rings. The molecular formula is C24H21N5O2. The zero-order chi connectivity index (χ0) is 21.5. The molecule has 0 fully saturated rings. The Morgan fingerprint density at radius 2 is 1.74 bits per heavy atom. The van der Waals surface area contributed by atoms with Gasteiger partial charge in [0.25, 0.3) is 5.95 Å². The second-order valence-electron chi connectivity index (χ2n) is 7.74. The summed E-state index contributed by atoms with van der Waals surface area (Å²) in [6, 6.07) is 18.8. The van der Waals surface area contributed by atoms with Crippen LogP contribution in [0.1, 0.15) is 34.9 Å². The molecule has 1 aliphatic heterocycles. The second-order valence-corrected chi connectivity index (χ2v) is 7.74. The summed E-state index contributed by atoms with van der Waals surface area (Å²) in [5.41, 5.74) is 5.07. The molecule has 1 amide bonds.